The molecule has 0 spiro atoms. The molecule has 172 valence electrons. The molecule has 0 saturated carbocycles. The number of carbonyl (C=O) groups excluding carboxylic acids is 1. The first-order valence-electron chi connectivity index (χ1n) is 10.7. The van der Waals surface area contributed by atoms with Gasteiger partial charge in [0.1, 0.15) is 0 Å². The van der Waals surface area contributed by atoms with Gasteiger partial charge >= 0.3 is 0 Å². The van der Waals surface area contributed by atoms with Crippen molar-refractivity contribution in [3.63, 3.8) is 0 Å². The Morgan fingerprint density at radius 3 is 2.36 bits per heavy atom. The molecule has 3 aromatic carbocycles. The maximum atomic E-state index is 13.4. The van der Waals surface area contributed by atoms with Gasteiger partial charge in [0, 0.05) is 13.1 Å². The zero-order valence-electron chi connectivity index (χ0n) is 18.2. The summed E-state index contributed by atoms with van der Waals surface area (Å²) in [6.07, 6.45) is 0. The van der Waals surface area contributed by atoms with Crippen LogP contribution in [-0.2, 0) is 14.8 Å². The van der Waals surface area contributed by atoms with E-state index in [4.69, 9.17) is 16.3 Å². The molecule has 1 saturated heterocycles. The molecule has 6 nitrogen and oxygen atoms in total. The number of halogens is 1. The number of hydrogen-bond donors (Lipinski definition) is 1. The summed E-state index contributed by atoms with van der Waals surface area (Å²) in [5, 5.41) is 3.24. The van der Waals surface area contributed by atoms with Gasteiger partial charge in [-0.3, -0.25) is 4.79 Å². The number of ether oxygens (including phenoxy) is 1. The maximum Gasteiger partial charge on any atom is 0.253 e. The van der Waals surface area contributed by atoms with Gasteiger partial charge in [-0.05, 0) is 41.8 Å². The molecule has 0 bridgehead atoms. The van der Waals surface area contributed by atoms with E-state index in [9.17, 15) is 13.2 Å². The third kappa shape index (κ3) is 5.12. The van der Waals surface area contributed by atoms with Crippen LogP contribution in [0, 0.1) is 6.92 Å². The number of carbonyl (C=O) groups is 1. The van der Waals surface area contributed by atoms with E-state index in [2.05, 4.69) is 5.32 Å². The van der Waals surface area contributed by atoms with Gasteiger partial charge in [-0.1, -0.05) is 66.2 Å². The second-order valence-corrected chi connectivity index (χ2v) is 10.2. The number of aryl methyl sites for hydroxylation is 1. The van der Waals surface area contributed by atoms with Crippen LogP contribution in [-0.4, -0.2) is 44.9 Å². The van der Waals surface area contributed by atoms with Crippen LogP contribution < -0.4 is 5.32 Å². The van der Waals surface area contributed by atoms with Gasteiger partial charge in [-0.15, -0.1) is 0 Å². The molecular weight excluding hydrogens is 460 g/mol. The fourth-order valence-corrected chi connectivity index (χ4v) is 5.52. The zero-order valence-corrected chi connectivity index (χ0v) is 19.8. The summed E-state index contributed by atoms with van der Waals surface area (Å²) >= 11 is 6.34. The molecule has 1 atom stereocenters. The van der Waals surface area contributed by atoms with Crippen LogP contribution in [0.25, 0.3) is 0 Å². The first-order valence-corrected chi connectivity index (χ1v) is 12.5. The lowest BCUT2D eigenvalue weighted by Gasteiger charge is -2.26. The molecule has 1 aliphatic heterocycles. The molecule has 8 heteroatoms. The standard InChI is InChI=1S/C25H25ClN2O4S/c1-18-7-5-6-10-21(18)24(19-8-3-2-4-9-19)27-25(29)22-17-20(11-12-23(22)26)33(30,31)28-13-15-32-16-14-28/h2-12,17,24H,13-16H2,1H3,(H,27,29)/t24-/m0/s1. The van der Waals surface area contributed by atoms with Crippen molar-refractivity contribution in [2.45, 2.75) is 17.9 Å². The van der Waals surface area contributed by atoms with E-state index in [1.807, 2.05) is 61.5 Å². The van der Waals surface area contributed by atoms with Crippen molar-refractivity contribution in [1.82, 2.24) is 9.62 Å². The molecule has 1 fully saturated rings. The summed E-state index contributed by atoms with van der Waals surface area (Å²) in [4.78, 5) is 13.4. The molecule has 1 heterocycles. The predicted molar refractivity (Wildman–Crippen MR) is 128 cm³/mol. The van der Waals surface area contributed by atoms with Gasteiger partial charge in [-0.25, -0.2) is 8.42 Å². The number of nitrogens with one attached hydrogen (secondary N) is 1. The summed E-state index contributed by atoms with van der Waals surface area (Å²) in [5.74, 6) is -0.448. The maximum absolute atomic E-state index is 13.4. The molecular formula is C25H25ClN2O4S. The summed E-state index contributed by atoms with van der Waals surface area (Å²) < 4.78 is 32.8. The van der Waals surface area contributed by atoms with Crippen molar-refractivity contribution in [3.05, 3.63) is 100 Å². The number of benzene rings is 3. The van der Waals surface area contributed by atoms with Crippen LogP contribution >= 0.6 is 11.6 Å². The topological polar surface area (TPSA) is 75.7 Å². The third-order valence-electron chi connectivity index (χ3n) is 5.70. The molecule has 3 aromatic rings. The summed E-state index contributed by atoms with van der Waals surface area (Å²) in [7, 11) is -3.76. The van der Waals surface area contributed by atoms with Crippen molar-refractivity contribution in [3.8, 4) is 0 Å². The fourth-order valence-electron chi connectivity index (χ4n) is 3.88. The van der Waals surface area contributed by atoms with Crippen LogP contribution in [0.15, 0.2) is 77.7 Å². The quantitative estimate of drug-likeness (QED) is 0.569. The van der Waals surface area contributed by atoms with Gasteiger partial charge in [0.05, 0.1) is 34.7 Å². The highest BCUT2D eigenvalue weighted by molar-refractivity contribution is 7.89. The van der Waals surface area contributed by atoms with Crippen LogP contribution in [0.4, 0.5) is 0 Å². The lowest BCUT2D eigenvalue weighted by molar-refractivity contribution is 0.0730. The number of nitrogens with zero attached hydrogens (tertiary/aromatic N) is 1. The van der Waals surface area contributed by atoms with Crippen LogP contribution in [0.2, 0.25) is 5.02 Å². The van der Waals surface area contributed by atoms with Gasteiger partial charge < -0.3 is 10.1 Å². The summed E-state index contributed by atoms with van der Waals surface area (Å²) in [5.41, 5.74) is 3.00. The van der Waals surface area contributed by atoms with Crippen molar-refractivity contribution in [2.75, 3.05) is 26.3 Å². The number of amides is 1. The molecule has 0 radical (unpaired) electrons. The van der Waals surface area contributed by atoms with E-state index >= 15 is 0 Å². The molecule has 0 aliphatic carbocycles. The largest absolute Gasteiger partial charge is 0.379 e. The number of sulfonamides is 1. The summed E-state index contributed by atoms with van der Waals surface area (Å²) in [6, 6.07) is 21.3. The lowest BCUT2D eigenvalue weighted by Crippen LogP contribution is -2.40. The van der Waals surface area contributed by atoms with E-state index in [-0.39, 0.29) is 28.6 Å². The summed E-state index contributed by atoms with van der Waals surface area (Å²) in [6.45, 7) is 3.22. The Kier molecular flexibility index (Phi) is 7.14. The SMILES string of the molecule is Cc1ccccc1[C@@H](NC(=O)c1cc(S(=O)(=O)N2CCOCC2)ccc1Cl)c1ccccc1. The van der Waals surface area contributed by atoms with E-state index in [0.717, 1.165) is 16.7 Å². The molecule has 1 N–H and O–H groups in total. The normalized spacial score (nSPS) is 15.7. The Morgan fingerprint density at radius 2 is 1.67 bits per heavy atom. The lowest BCUT2D eigenvalue weighted by atomic mass is 9.94. The Labute approximate surface area is 199 Å². The number of morpholine rings is 1. The third-order valence-corrected chi connectivity index (χ3v) is 7.92. The highest BCUT2D eigenvalue weighted by Gasteiger charge is 2.28. The van der Waals surface area contributed by atoms with E-state index in [0.29, 0.717) is 13.2 Å². The van der Waals surface area contributed by atoms with Gasteiger partial charge in [-0.2, -0.15) is 4.31 Å². The first-order chi connectivity index (χ1) is 15.9. The Bertz CT molecular complexity index is 1240. The van der Waals surface area contributed by atoms with Crippen molar-refractivity contribution < 1.29 is 17.9 Å². The van der Waals surface area contributed by atoms with Crippen molar-refractivity contribution in [2.24, 2.45) is 0 Å². The predicted octanol–water partition coefficient (Wildman–Crippen LogP) is 4.19. The average Bonchev–Trinajstić information content (AvgIpc) is 2.84. The molecule has 4 rings (SSSR count). The molecule has 1 aliphatic rings. The van der Waals surface area contributed by atoms with Gasteiger partial charge in [0.15, 0.2) is 0 Å². The minimum atomic E-state index is -3.76. The highest BCUT2D eigenvalue weighted by atomic mass is 35.5. The van der Waals surface area contributed by atoms with E-state index in [1.54, 1.807) is 0 Å². The Morgan fingerprint density at radius 1 is 1.00 bits per heavy atom. The molecule has 0 unspecified atom stereocenters. The minimum absolute atomic E-state index is 0.0334. The van der Waals surface area contributed by atoms with Crippen molar-refractivity contribution >= 4 is 27.5 Å². The molecule has 1 amide bonds. The molecule has 33 heavy (non-hydrogen) atoms. The average molecular weight is 485 g/mol. The van der Waals surface area contributed by atoms with Crippen molar-refractivity contribution in [1.29, 1.82) is 0 Å². The highest BCUT2D eigenvalue weighted by Crippen LogP contribution is 2.28. The van der Waals surface area contributed by atoms with E-state index in [1.165, 1.54) is 22.5 Å². The zero-order chi connectivity index (χ0) is 23.4. The monoisotopic (exact) mass is 484 g/mol. The van der Waals surface area contributed by atoms with E-state index < -0.39 is 22.0 Å². The second-order valence-electron chi connectivity index (χ2n) is 7.83. The molecule has 0 aromatic heterocycles. The first kappa shape index (κ1) is 23.4. The minimum Gasteiger partial charge on any atom is -0.379 e. The van der Waals surface area contributed by atoms with Crippen LogP contribution in [0.1, 0.15) is 33.1 Å². The second kappa shape index (κ2) is 10.1. The fraction of sp³-hybridized carbons (Fsp3) is 0.240. The number of rotatable bonds is 6. The smallest absolute Gasteiger partial charge is 0.253 e. The Balaban J connectivity index is 1.68. The van der Waals surface area contributed by atoms with Gasteiger partial charge in [0.2, 0.25) is 10.0 Å². The van der Waals surface area contributed by atoms with Crippen LogP contribution in [0.5, 0.6) is 0 Å². The van der Waals surface area contributed by atoms with Gasteiger partial charge in [0.25, 0.3) is 5.91 Å². The number of hydrogen-bond acceptors (Lipinski definition) is 4. The Hall–Kier alpha value is -2.71. The van der Waals surface area contributed by atoms with Crippen LogP contribution in [0.3, 0.4) is 0 Å².